The molecule has 2 fully saturated rings. The van der Waals surface area contributed by atoms with E-state index in [1.807, 2.05) is 6.07 Å². The maximum absolute atomic E-state index is 12.6. The van der Waals surface area contributed by atoms with E-state index in [0.29, 0.717) is 24.4 Å². The van der Waals surface area contributed by atoms with Gasteiger partial charge in [0.25, 0.3) is 0 Å². The first-order valence-electron chi connectivity index (χ1n) is 7.36. The van der Waals surface area contributed by atoms with Crippen LogP contribution in [0.5, 0.6) is 0 Å². The summed E-state index contributed by atoms with van der Waals surface area (Å²) in [5.41, 5.74) is 6.96. The van der Waals surface area contributed by atoms with Gasteiger partial charge in [0.05, 0.1) is 0 Å². The number of hydrogen-bond donors (Lipinski definition) is 1. The van der Waals surface area contributed by atoms with Gasteiger partial charge in [0, 0.05) is 25.0 Å². The molecule has 1 aromatic carbocycles. The van der Waals surface area contributed by atoms with Crippen LogP contribution in [0, 0.1) is 5.92 Å². The number of benzene rings is 1. The fourth-order valence-corrected chi connectivity index (χ4v) is 3.06. The SMILES string of the molecule is NCCN(C(=O)C1CC1c1ccccc1)C1CCC1. The van der Waals surface area contributed by atoms with E-state index in [-0.39, 0.29) is 5.92 Å². The molecule has 3 heteroatoms. The van der Waals surface area contributed by atoms with Gasteiger partial charge in [0.1, 0.15) is 0 Å². The first-order chi connectivity index (χ1) is 9.31. The third kappa shape index (κ3) is 2.52. The number of carbonyl (C=O) groups excluding carboxylic acids is 1. The predicted molar refractivity (Wildman–Crippen MR) is 75.7 cm³/mol. The molecular formula is C16H22N2O. The first kappa shape index (κ1) is 12.7. The molecule has 2 saturated carbocycles. The van der Waals surface area contributed by atoms with Crippen LogP contribution in [0.25, 0.3) is 0 Å². The minimum atomic E-state index is 0.203. The highest BCUT2D eigenvalue weighted by atomic mass is 16.2. The summed E-state index contributed by atoms with van der Waals surface area (Å²) in [6, 6.07) is 10.9. The number of amides is 1. The van der Waals surface area contributed by atoms with Crippen LogP contribution in [0.2, 0.25) is 0 Å². The lowest BCUT2D eigenvalue weighted by Gasteiger charge is -2.37. The molecule has 2 N–H and O–H groups in total. The summed E-state index contributed by atoms with van der Waals surface area (Å²) in [6.07, 6.45) is 4.59. The van der Waals surface area contributed by atoms with E-state index in [0.717, 1.165) is 25.8 Å². The molecule has 0 aromatic heterocycles. The molecule has 0 spiro atoms. The van der Waals surface area contributed by atoms with Crippen molar-refractivity contribution in [3.05, 3.63) is 35.9 Å². The zero-order valence-electron chi connectivity index (χ0n) is 11.3. The van der Waals surface area contributed by atoms with Crippen molar-refractivity contribution in [1.82, 2.24) is 4.90 Å². The predicted octanol–water partition coefficient (Wildman–Crippen LogP) is 2.13. The third-order valence-corrected chi connectivity index (χ3v) is 4.50. The molecule has 0 aliphatic heterocycles. The van der Waals surface area contributed by atoms with Gasteiger partial charge in [-0.15, -0.1) is 0 Å². The van der Waals surface area contributed by atoms with E-state index >= 15 is 0 Å². The van der Waals surface area contributed by atoms with Crippen LogP contribution >= 0.6 is 0 Å². The summed E-state index contributed by atoms with van der Waals surface area (Å²) in [4.78, 5) is 14.6. The van der Waals surface area contributed by atoms with Crippen LogP contribution in [0.1, 0.15) is 37.2 Å². The zero-order valence-corrected chi connectivity index (χ0v) is 11.3. The number of nitrogens with zero attached hydrogens (tertiary/aromatic N) is 1. The Kier molecular flexibility index (Phi) is 3.56. The maximum atomic E-state index is 12.6. The standard InChI is InChI=1S/C16H22N2O/c17-9-10-18(13-7-4-8-13)16(19)15-11-14(15)12-5-2-1-3-6-12/h1-3,5-6,13-15H,4,7-11,17H2. The number of carbonyl (C=O) groups is 1. The molecule has 0 saturated heterocycles. The van der Waals surface area contributed by atoms with Gasteiger partial charge in [-0.25, -0.2) is 0 Å². The highest BCUT2D eigenvalue weighted by Crippen LogP contribution is 2.49. The highest BCUT2D eigenvalue weighted by Gasteiger charge is 2.47. The number of rotatable bonds is 5. The summed E-state index contributed by atoms with van der Waals surface area (Å²) >= 11 is 0. The van der Waals surface area contributed by atoms with Crippen molar-refractivity contribution in [3.8, 4) is 0 Å². The molecule has 2 aliphatic rings. The molecule has 1 aromatic rings. The topological polar surface area (TPSA) is 46.3 Å². The van der Waals surface area contributed by atoms with Crippen molar-refractivity contribution in [2.75, 3.05) is 13.1 Å². The van der Waals surface area contributed by atoms with Crippen molar-refractivity contribution < 1.29 is 4.79 Å². The molecule has 1 amide bonds. The molecule has 0 bridgehead atoms. The Bertz CT molecular complexity index is 441. The van der Waals surface area contributed by atoms with Gasteiger partial charge in [-0.1, -0.05) is 30.3 Å². The van der Waals surface area contributed by atoms with Crippen LogP contribution in [0.3, 0.4) is 0 Å². The van der Waals surface area contributed by atoms with E-state index in [1.54, 1.807) is 0 Å². The Balaban J connectivity index is 1.64. The van der Waals surface area contributed by atoms with Gasteiger partial charge in [-0.3, -0.25) is 4.79 Å². The van der Waals surface area contributed by atoms with Crippen molar-refractivity contribution in [3.63, 3.8) is 0 Å². The van der Waals surface area contributed by atoms with Crippen LogP contribution in [-0.4, -0.2) is 29.9 Å². The highest BCUT2D eigenvalue weighted by molar-refractivity contribution is 5.83. The Hall–Kier alpha value is -1.35. The second kappa shape index (κ2) is 5.33. The average molecular weight is 258 g/mol. The largest absolute Gasteiger partial charge is 0.338 e. The Morgan fingerprint density at radius 1 is 1.26 bits per heavy atom. The van der Waals surface area contributed by atoms with E-state index in [1.165, 1.54) is 12.0 Å². The third-order valence-electron chi connectivity index (χ3n) is 4.50. The van der Waals surface area contributed by atoms with E-state index in [2.05, 4.69) is 29.2 Å². The normalized spacial score (nSPS) is 25.7. The molecule has 0 radical (unpaired) electrons. The van der Waals surface area contributed by atoms with Gasteiger partial charge in [-0.2, -0.15) is 0 Å². The molecule has 3 rings (SSSR count). The van der Waals surface area contributed by atoms with Crippen LogP contribution in [0.15, 0.2) is 30.3 Å². The van der Waals surface area contributed by atoms with Gasteiger partial charge in [-0.05, 0) is 37.2 Å². The zero-order chi connectivity index (χ0) is 13.2. The molecular weight excluding hydrogens is 236 g/mol. The first-order valence-corrected chi connectivity index (χ1v) is 7.36. The Labute approximate surface area is 114 Å². The Morgan fingerprint density at radius 3 is 2.58 bits per heavy atom. The smallest absolute Gasteiger partial charge is 0.226 e. The van der Waals surface area contributed by atoms with Crippen molar-refractivity contribution in [1.29, 1.82) is 0 Å². The fraction of sp³-hybridized carbons (Fsp3) is 0.562. The van der Waals surface area contributed by atoms with Crippen LogP contribution in [-0.2, 0) is 4.79 Å². The van der Waals surface area contributed by atoms with Crippen molar-refractivity contribution in [2.24, 2.45) is 11.7 Å². The summed E-state index contributed by atoms with van der Waals surface area (Å²) in [6.45, 7) is 1.30. The molecule has 0 heterocycles. The summed E-state index contributed by atoms with van der Waals surface area (Å²) in [5, 5.41) is 0. The lowest BCUT2D eigenvalue weighted by atomic mass is 9.91. The second-order valence-electron chi connectivity index (χ2n) is 5.76. The van der Waals surface area contributed by atoms with Crippen LogP contribution in [0.4, 0.5) is 0 Å². The number of nitrogens with two attached hydrogens (primary N) is 1. The average Bonchev–Trinajstić information content (AvgIpc) is 3.16. The molecule has 2 atom stereocenters. The minimum Gasteiger partial charge on any atom is -0.338 e. The van der Waals surface area contributed by atoms with E-state index in [9.17, 15) is 4.79 Å². The minimum absolute atomic E-state index is 0.203. The molecule has 19 heavy (non-hydrogen) atoms. The second-order valence-corrected chi connectivity index (χ2v) is 5.76. The molecule has 2 unspecified atom stereocenters. The summed E-state index contributed by atoms with van der Waals surface area (Å²) < 4.78 is 0. The van der Waals surface area contributed by atoms with Crippen molar-refractivity contribution >= 4 is 5.91 Å². The lowest BCUT2D eigenvalue weighted by Crippen LogP contribution is -2.47. The van der Waals surface area contributed by atoms with E-state index in [4.69, 9.17) is 5.73 Å². The van der Waals surface area contributed by atoms with Gasteiger partial charge in [0.15, 0.2) is 0 Å². The quantitative estimate of drug-likeness (QED) is 0.879. The van der Waals surface area contributed by atoms with Gasteiger partial charge >= 0.3 is 0 Å². The fourth-order valence-electron chi connectivity index (χ4n) is 3.06. The maximum Gasteiger partial charge on any atom is 0.226 e. The molecule has 2 aliphatic carbocycles. The van der Waals surface area contributed by atoms with Crippen molar-refractivity contribution in [2.45, 2.75) is 37.6 Å². The molecule has 102 valence electrons. The van der Waals surface area contributed by atoms with E-state index < -0.39 is 0 Å². The summed E-state index contributed by atoms with van der Waals surface area (Å²) in [5.74, 6) is 0.979. The van der Waals surface area contributed by atoms with Gasteiger partial charge in [0.2, 0.25) is 5.91 Å². The molecule has 3 nitrogen and oxygen atoms in total. The lowest BCUT2D eigenvalue weighted by molar-refractivity contribution is -0.136. The van der Waals surface area contributed by atoms with Crippen LogP contribution < -0.4 is 5.73 Å². The van der Waals surface area contributed by atoms with Gasteiger partial charge < -0.3 is 10.6 Å². The summed E-state index contributed by atoms with van der Waals surface area (Å²) in [7, 11) is 0. The number of hydrogen-bond acceptors (Lipinski definition) is 2. The Morgan fingerprint density at radius 2 is 2.00 bits per heavy atom. The monoisotopic (exact) mass is 258 g/mol.